The molecule has 0 radical (unpaired) electrons. The number of rotatable bonds is 6. The predicted molar refractivity (Wildman–Crippen MR) is 69.7 cm³/mol. The van der Waals surface area contributed by atoms with Gasteiger partial charge >= 0.3 is 0 Å². The van der Waals surface area contributed by atoms with E-state index >= 15 is 0 Å². The van der Waals surface area contributed by atoms with Crippen LogP contribution in [0.2, 0.25) is 0 Å². The van der Waals surface area contributed by atoms with Crippen LogP contribution in [0.1, 0.15) is 31.7 Å². The number of hydrogen-bond donors (Lipinski definition) is 1. The summed E-state index contributed by atoms with van der Waals surface area (Å²) < 4.78 is 5.72. The summed E-state index contributed by atoms with van der Waals surface area (Å²) in [5.74, 6) is 0. The van der Waals surface area contributed by atoms with Gasteiger partial charge in [0.25, 0.3) is 5.69 Å². The van der Waals surface area contributed by atoms with E-state index in [0.29, 0.717) is 24.9 Å². The minimum Gasteiger partial charge on any atom is -0.379 e. The van der Waals surface area contributed by atoms with Gasteiger partial charge in [-0.15, -0.1) is 0 Å². The van der Waals surface area contributed by atoms with E-state index in [2.05, 4.69) is 5.32 Å². The summed E-state index contributed by atoms with van der Waals surface area (Å²) >= 11 is 0. The second-order valence-electron chi connectivity index (χ2n) is 4.46. The van der Waals surface area contributed by atoms with Gasteiger partial charge in [-0.05, 0) is 26.2 Å². The standard InChI is InChI=1S/C13H18N2O3/c1-2-14-13-10(9-18-11-6-4-7-11)5-3-8-12(13)15(16)17/h3,5,8,11,14H,2,4,6-7,9H2,1H3. The topological polar surface area (TPSA) is 64.4 Å². The fourth-order valence-corrected chi connectivity index (χ4v) is 1.98. The van der Waals surface area contributed by atoms with Crippen LogP contribution in [0, 0.1) is 10.1 Å². The van der Waals surface area contributed by atoms with Crippen molar-refractivity contribution >= 4 is 11.4 Å². The zero-order valence-electron chi connectivity index (χ0n) is 10.5. The van der Waals surface area contributed by atoms with Crippen molar-refractivity contribution in [3.05, 3.63) is 33.9 Å². The monoisotopic (exact) mass is 250 g/mol. The second kappa shape index (κ2) is 5.82. The molecule has 0 unspecified atom stereocenters. The van der Waals surface area contributed by atoms with Crippen molar-refractivity contribution in [3.8, 4) is 0 Å². The molecule has 0 aliphatic heterocycles. The number of hydrogen-bond acceptors (Lipinski definition) is 4. The first-order valence-corrected chi connectivity index (χ1v) is 6.34. The Labute approximate surface area is 106 Å². The van der Waals surface area contributed by atoms with Crippen molar-refractivity contribution in [2.75, 3.05) is 11.9 Å². The van der Waals surface area contributed by atoms with Gasteiger partial charge < -0.3 is 10.1 Å². The van der Waals surface area contributed by atoms with Gasteiger partial charge in [0.2, 0.25) is 0 Å². The van der Waals surface area contributed by atoms with Crippen LogP contribution in [0.4, 0.5) is 11.4 Å². The third-order valence-electron chi connectivity index (χ3n) is 3.21. The molecule has 1 saturated carbocycles. The lowest BCUT2D eigenvalue weighted by Crippen LogP contribution is -2.21. The number of ether oxygens (including phenoxy) is 1. The average molecular weight is 250 g/mol. The molecule has 1 aliphatic rings. The lowest BCUT2D eigenvalue weighted by Gasteiger charge is -2.26. The second-order valence-corrected chi connectivity index (χ2v) is 4.46. The third kappa shape index (κ3) is 2.79. The molecule has 0 atom stereocenters. The minimum atomic E-state index is -0.356. The number of nitrogens with zero attached hydrogens (tertiary/aromatic N) is 1. The molecule has 2 rings (SSSR count). The van der Waals surface area contributed by atoms with Crippen molar-refractivity contribution in [1.29, 1.82) is 0 Å². The fraction of sp³-hybridized carbons (Fsp3) is 0.538. The van der Waals surface area contributed by atoms with Crippen molar-refractivity contribution in [1.82, 2.24) is 0 Å². The normalized spacial score (nSPS) is 15.2. The number of nitro benzene ring substituents is 1. The number of nitrogens with one attached hydrogen (secondary N) is 1. The molecular weight excluding hydrogens is 232 g/mol. The summed E-state index contributed by atoms with van der Waals surface area (Å²) in [5.41, 5.74) is 1.56. The zero-order valence-corrected chi connectivity index (χ0v) is 10.5. The Kier molecular flexibility index (Phi) is 4.15. The molecule has 18 heavy (non-hydrogen) atoms. The zero-order chi connectivity index (χ0) is 13.0. The molecule has 1 aromatic rings. The lowest BCUT2D eigenvalue weighted by atomic mass is 9.96. The molecule has 0 heterocycles. The summed E-state index contributed by atoms with van der Waals surface area (Å²) in [6.45, 7) is 3.02. The molecule has 0 amide bonds. The first-order chi connectivity index (χ1) is 8.72. The molecule has 5 nitrogen and oxygen atoms in total. The molecule has 1 N–H and O–H groups in total. The van der Waals surface area contributed by atoms with E-state index in [0.717, 1.165) is 18.4 Å². The van der Waals surface area contributed by atoms with Crippen LogP contribution in [0.5, 0.6) is 0 Å². The molecule has 1 fully saturated rings. The smallest absolute Gasteiger partial charge is 0.292 e. The molecule has 98 valence electrons. The van der Waals surface area contributed by atoms with Crippen molar-refractivity contribution in [2.24, 2.45) is 0 Å². The van der Waals surface area contributed by atoms with Gasteiger partial charge in [0.05, 0.1) is 17.6 Å². The maximum atomic E-state index is 11.0. The Morgan fingerprint density at radius 1 is 1.50 bits per heavy atom. The van der Waals surface area contributed by atoms with E-state index in [1.54, 1.807) is 6.07 Å². The summed E-state index contributed by atoms with van der Waals surface area (Å²) in [4.78, 5) is 10.6. The van der Waals surface area contributed by atoms with Gasteiger partial charge in [0, 0.05) is 18.2 Å². The SMILES string of the molecule is CCNc1c(COC2CCC2)cccc1[N+](=O)[O-]. The van der Waals surface area contributed by atoms with Gasteiger partial charge in [-0.2, -0.15) is 0 Å². The molecular formula is C13H18N2O3. The summed E-state index contributed by atoms with van der Waals surface area (Å²) in [5, 5.41) is 14.0. The van der Waals surface area contributed by atoms with Gasteiger partial charge in [0.15, 0.2) is 0 Å². The summed E-state index contributed by atoms with van der Waals surface area (Å²) in [6.07, 6.45) is 3.76. The van der Waals surface area contributed by atoms with Gasteiger partial charge in [-0.3, -0.25) is 10.1 Å². The molecule has 1 aromatic carbocycles. The Balaban J connectivity index is 2.15. The Morgan fingerprint density at radius 3 is 2.83 bits per heavy atom. The molecule has 0 bridgehead atoms. The quantitative estimate of drug-likeness (QED) is 0.622. The maximum absolute atomic E-state index is 11.0. The van der Waals surface area contributed by atoms with Crippen LogP contribution in [0.15, 0.2) is 18.2 Å². The van der Waals surface area contributed by atoms with Crippen molar-refractivity contribution in [2.45, 2.75) is 38.9 Å². The summed E-state index contributed by atoms with van der Waals surface area (Å²) in [7, 11) is 0. The van der Waals surface area contributed by atoms with Crippen LogP contribution in [0.3, 0.4) is 0 Å². The molecule has 0 spiro atoms. The highest BCUT2D eigenvalue weighted by Crippen LogP contribution is 2.30. The first-order valence-electron chi connectivity index (χ1n) is 6.34. The largest absolute Gasteiger partial charge is 0.379 e. The summed E-state index contributed by atoms with van der Waals surface area (Å²) in [6, 6.07) is 5.10. The Hall–Kier alpha value is -1.62. The predicted octanol–water partition coefficient (Wildman–Crippen LogP) is 3.10. The minimum absolute atomic E-state index is 0.117. The number of anilines is 1. The van der Waals surface area contributed by atoms with Gasteiger partial charge in [-0.25, -0.2) is 0 Å². The highest BCUT2D eigenvalue weighted by atomic mass is 16.6. The van der Waals surface area contributed by atoms with E-state index in [9.17, 15) is 10.1 Å². The van der Waals surface area contributed by atoms with Crippen LogP contribution in [-0.4, -0.2) is 17.6 Å². The van der Waals surface area contributed by atoms with E-state index < -0.39 is 0 Å². The van der Waals surface area contributed by atoms with Gasteiger partial charge in [0.1, 0.15) is 5.69 Å². The lowest BCUT2D eigenvalue weighted by molar-refractivity contribution is -0.384. The van der Waals surface area contributed by atoms with E-state index in [1.807, 2.05) is 13.0 Å². The van der Waals surface area contributed by atoms with Crippen LogP contribution in [0.25, 0.3) is 0 Å². The maximum Gasteiger partial charge on any atom is 0.292 e. The van der Waals surface area contributed by atoms with Crippen LogP contribution in [-0.2, 0) is 11.3 Å². The Morgan fingerprint density at radius 2 is 2.28 bits per heavy atom. The van der Waals surface area contributed by atoms with E-state index in [1.165, 1.54) is 12.5 Å². The number of nitro groups is 1. The van der Waals surface area contributed by atoms with Crippen LogP contribution >= 0.6 is 0 Å². The fourth-order valence-electron chi connectivity index (χ4n) is 1.98. The molecule has 0 saturated heterocycles. The first kappa shape index (κ1) is 12.8. The Bertz CT molecular complexity index is 430. The van der Waals surface area contributed by atoms with Crippen molar-refractivity contribution in [3.63, 3.8) is 0 Å². The van der Waals surface area contributed by atoms with Crippen molar-refractivity contribution < 1.29 is 9.66 Å². The molecule has 5 heteroatoms. The van der Waals surface area contributed by atoms with E-state index in [4.69, 9.17) is 4.74 Å². The molecule has 1 aliphatic carbocycles. The highest BCUT2D eigenvalue weighted by molar-refractivity contribution is 5.66. The van der Waals surface area contributed by atoms with E-state index in [-0.39, 0.29) is 10.6 Å². The third-order valence-corrected chi connectivity index (χ3v) is 3.21. The number of para-hydroxylation sites is 1. The highest BCUT2D eigenvalue weighted by Gasteiger charge is 2.20. The average Bonchev–Trinajstić information content (AvgIpc) is 2.28. The molecule has 0 aromatic heterocycles. The van der Waals surface area contributed by atoms with Gasteiger partial charge in [-0.1, -0.05) is 12.1 Å². The number of benzene rings is 1. The van der Waals surface area contributed by atoms with Crippen LogP contribution < -0.4 is 5.32 Å².